The number of rotatable bonds is 2. The van der Waals surface area contributed by atoms with Gasteiger partial charge in [-0.25, -0.2) is 4.39 Å². The summed E-state index contributed by atoms with van der Waals surface area (Å²) in [5, 5.41) is 18.2. The molecule has 1 fully saturated rings. The predicted octanol–water partition coefficient (Wildman–Crippen LogP) is 0.520. The van der Waals surface area contributed by atoms with Crippen LogP contribution in [0.2, 0.25) is 0 Å². The summed E-state index contributed by atoms with van der Waals surface area (Å²) < 4.78 is 13.4. The van der Waals surface area contributed by atoms with Crippen LogP contribution in [0.3, 0.4) is 0 Å². The van der Waals surface area contributed by atoms with Crippen molar-refractivity contribution >= 4 is 18.5 Å². The number of piperidine rings is 1. The number of halogens is 1. The molecule has 0 aliphatic carbocycles. The van der Waals surface area contributed by atoms with E-state index >= 15 is 0 Å². The third-order valence-electron chi connectivity index (χ3n) is 3.53. The van der Waals surface area contributed by atoms with Crippen molar-refractivity contribution in [1.29, 1.82) is 0 Å². The van der Waals surface area contributed by atoms with Gasteiger partial charge in [0.2, 0.25) is 0 Å². The quantitative estimate of drug-likeness (QED) is 0.766. The largest absolute Gasteiger partial charge is 0.488 e. The van der Waals surface area contributed by atoms with E-state index in [-0.39, 0.29) is 23.0 Å². The van der Waals surface area contributed by atoms with E-state index in [4.69, 9.17) is 10.0 Å². The molecule has 0 unspecified atom stereocenters. The zero-order valence-electron chi connectivity index (χ0n) is 10.8. The second kappa shape index (κ2) is 5.71. The van der Waals surface area contributed by atoms with Gasteiger partial charge in [-0.15, -0.1) is 0 Å². The van der Waals surface area contributed by atoms with Crippen LogP contribution in [0.5, 0.6) is 0 Å². The lowest BCUT2D eigenvalue weighted by molar-refractivity contribution is 0.0635. The Morgan fingerprint density at radius 2 is 2.11 bits per heavy atom. The Morgan fingerprint density at radius 1 is 1.37 bits per heavy atom. The van der Waals surface area contributed by atoms with Gasteiger partial charge in [0.05, 0.1) is 0 Å². The molecule has 0 saturated carbocycles. The van der Waals surface area contributed by atoms with E-state index in [1.807, 2.05) is 6.92 Å². The minimum absolute atomic E-state index is 0.00647. The second-order valence-electron chi connectivity index (χ2n) is 4.99. The van der Waals surface area contributed by atoms with Crippen LogP contribution < -0.4 is 5.46 Å². The van der Waals surface area contributed by atoms with E-state index in [9.17, 15) is 9.18 Å². The second-order valence-corrected chi connectivity index (χ2v) is 4.99. The van der Waals surface area contributed by atoms with Crippen molar-refractivity contribution in [1.82, 2.24) is 4.90 Å². The van der Waals surface area contributed by atoms with Crippen LogP contribution in [0, 0.1) is 5.82 Å². The minimum Gasteiger partial charge on any atom is -0.423 e. The number of carbonyl (C=O) groups excluding carboxylic acids is 1. The number of carbonyl (C=O) groups is 1. The molecule has 102 valence electrons. The predicted molar refractivity (Wildman–Crippen MR) is 70.6 cm³/mol. The summed E-state index contributed by atoms with van der Waals surface area (Å²) in [4.78, 5) is 14.0. The molecule has 0 spiro atoms. The molecule has 2 N–H and O–H groups in total. The molecule has 0 bridgehead atoms. The van der Waals surface area contributed by atoms with Crippen molar-refractivity contribution in [3.05, 3.63) is 29.6 Å². The van der Waals surface area contributed by atoms with Crippen molar-refractivity contribution in [3.63, 3.8) is 0 Å². The normalized spacial score (nSPS) is 19.4. The standard InChI is InChI=1S/C13H17BFNO3/c1-9-4-2-3-5-16(9)13(17)10-6-11(14(18)19)8-12(15)7-10/h6-9,18-19H,2-5H2,1H3/t9-/m0/s1. The molecule has 6 heteroatoms. The van der Waals surface area contributed by atoms with E-state index in [0.717, 1.165) is 31.4 Å². The molecule has 1 amide bonds. The minimum atomic E-state index is -1.78. The molecule has 1 aliphatic rings. The van der Waals surface area contributed by atoms with Crippen LogP contribution in [0.15, 0.2) is 18.2 Å². The van der Waals surface area contributed by atoms with E-state index in [0.29, 0.717) is 6.54 Å². The SMILES string of the molecule is C[C@H]1CCCCN1C(=O)c1cc(F)cc(B(O)O)c1. The summed E-state index contributed by atoms with van der Waals surface area (Å²) in [6.07, 6.45) is 2.98. The Morgan fingerprint density at radius 3 is 2.74 bits per heavy atom. The summed E-state index contributed by atoms with van der Waals surface area (Å²) in [5.41, 5.74) is 0.157. The number of likely N-dealkylation sites (tertiary alicyclic amines) is 1. The summed E-state index contributed by atoms with van der Waals surface area (Å²) in [6, 6.07) is 3.61. The molecular weight excluding hydrogens is 248 g/mol. The molecule has 19 heavy (non-hydrogen) atoms. The zero-order chi connectivity index (χ0) is 14.0. The van der Waals surface area contributed by atoms with E-state index < -0.39 is 12.9 Å². The Labute approximate surface area is 112 Å². The highest BCUT2D eigenvalue weighted by atomic mass is 19.1. The lowest BCUT2D eigenvalue weighted by atomic mass is 9.79. The van der Waals surface area contributed by atoms with Crippen molar-refractivity contribution in [2.75, 3.05) is 6.54 Å². The maximum Gasteiger partial charge on any atom is 0.488 e. The highest BCUT2D eigenvalue weighted by Crippen LogP contribution is 2.19. The number of hydrogen-bond donors (Lipinski definition) is 2. The summed E-state index contributed by atoms with van der Waals surface area (Å²) in [6.45, 7) is 2.63. The molecule has 1 atom stereocenters. The third-order valence-corrected chi connectivity index (χ3v) is 3.53. The molecule has 1 saturated heterocycles. The first kappa shape index (κ1) is 14.0. The van der Waals surface area contributed by atoms with Crippen LogP contribution in [0.1, 0.15) is 36.5 Å². The van der Waals surface area contributed by atoms with Gasteiger partial charge in [-0.2, -0.15) is 0 Å². The van der Waals surface area contributed by atoms with Gasteiger partial charge in [-0.1, -0.05) is 0 Å². The lowest BCUT2D eigenvalue weighted by Gasteiger charge is -2.33. The van der Waals surface area contributed by atoms with Crippen LogP contribution in [0.25, 0.3) is 0 Å². The monoisotopic (exact) mass is 265 g/mol. The highest BCUT2D eigenvalue weighted by Gasteiger charge is 2.25. The first-order chi connectivity index (χ1) is 8.99. The first-order valence-electron chi connectivity index (χ1n) is 6.46. The summed E-state index contributed by atoms with van der Waals surface area (Å²) >= 11 is 0. The molecule has 4 nitrogen and oxygen atoms in total. The Balaban J connectivity index is 2.27. The Hall–Kier alpha value is -1.40. The highest BCUT2D eigenvalue weighted by molar-refractivity contribution is 6.58. The van der Waals surface area contributed by atoms with Crippen LogP contribution >= 0.6 is 0 Å². The van der Waals surface area contributed by atoms with E-state index in [1.165, 1.54) is 6.07 Å². The summed E-state index contributed by atoms with van der Waals surface area (Å²) in [5.74, 6) is -0.896. The van der Waals surface area contributed by atoms with Crippen molar-refractivity contribution in [3.8, 4) is 0 Å². The fourth-order valence-electron chi connectivity index (χ4n) is 2.45. The maximum absolute atomic E-state index is 13.4. The molecule has 2 rings (SSSR count). The van der Waals surface area contributed by atoms with Crippen molar-refractivity contribution < 1.29 is 19.2 Å². The van der Waals surface area contributed by atoms with Crippen LogP contribution in [0.4, 0.5) is 4.39 Å². The van der Waals surface area contributed by atoms with E-state index in [1.54, 1.807) is 4.90 Å². The lowest BCUT2D eigenvalue weighted by Crippen LogP contribution is -2.42. The fraction of sp³-hybridized carbons (Fsp3) is 0.462. The molecular formula is C13H17BFNO3. The van der Waals surface area contributed by atoms with Crippen LogP contribution in [-0.2, 0) is 0 Å². The average Bonchev–Trinajstić information content (AvgIpc) is 2.37. The topological polar surface area (TPSA) is 60.8 Å². The average molecular weight is 265 g/mol. The maximum atomic E-state index is 13.4. The Kier molecular flexibility index (Phi) is 4.22. The zero-order valence-corrected chi connectivity index (χ0v) is 10.8. The fourth-order valence-corrected chi connectivity index (χ4v) is 2.45. The first-order valence-corrected chi connectivity index (χ1v) is 6.46. The van der Waals surface area contributed by atoms with Gasteiger partial charge in [0, 0.05) is 18.2 Å². The van der Waals surface area contributed by atoms with Crippen molar-refractivity contribution in [2.45, 2.75) is 32.2 Å². The molecule has 0 aromatic heterocycles. The van der Waals surface area contributed by atoms with Gasteiger partial charge in [0.1, 0.15) is 5.82 Å². The van der Waals surface area contributed by atoms with Gasteiger partial charge in [-0.05, 0) is 49.8 Å². The van der Waals surface area contributed by atoms with Gasteiger partial charge >= 0.3 is 7.12 Å². The number of benzene rings is 1. The van der Waals surface area contributed by atoms with Gasteiger partial charge in [0.25, 0.3) is 5.91 Å². The Bertz CT molecular complexity index is 481. The van der Waals surface area contributed by atoms with Gasteiger partial charge in [-0.3, -0.25) is 4.79 Å². The van der Waals surface area contributed by atoms with Crippen molar-refractivity contribution in [2.24, 2.45) is 0 Å². The molecule has 1 heterocycles. The van der Waals surface area contributed by atoms with E-state index in [2.05, 4.69) is 0 Å². The number of nitrogens with zero attached hydrogens (tertiary/aromatic N) is 1. The number of hydrogen-bond acceptors (Lipinski definition) is 3. The smallest absolute Gasteiger partial charge is 0.423 e. The van der Waals surface area contributed by atoms with Gasteiger partial charge in [0.15, 0.2) is 0 Å². The molecule has 1 aromatic carbocycles. The number of amides is 1. The molecule has 1 aliphatic heterocycles. The summed E-state index contributed by atoms with van der Waals surface area (Å²) in [7, 11) is -1.78. The molecule has 0 radical (unpaired) electrons. The van der Waals surface area contributed by atoms with Crippen LogP contribution in [-0.4, -0.2) is 40.6 Å². The third kappa shape index (κ3) is 3.14. The molecule has 1 aromatic rings. The van der Waals surface area contributed by atoms with Gasteiger partial charge < -0.3 is 14.9 Å².